The van der Waals surface area contributed by atoms with E-state index >= 15 is 0 Å². The minimum atomic E-state index is 0.246. The molecule has 0 aliphatic carbocycles. The third kappa shape index (κ3) is 2.66. The van der Waals surface area contributed by atoms with E-state index in [-0.39, 0.29) is 5.91 Å². The average Bonchev–Trinajstić information content (AvgIpc) is 2.98. The number of anilines is 1. The van der Waals surface area contributed by atoms with Crippen LogP contribution < -0.4 is 15.0 Å². The van der Waals surface area contributed by atoms with Gasteiger partial charge in [-0.3, -0.25) is 4.79 Å². The molecule has 1 unspecified atom stereocenters. The van der Waals surface area contributed by atoms with Crippen molar-refractivity contribution >= 4 is 11.6 Å². The minimum Gasteiger partial charge on any atom is -0.497 e. The number of hydrogen-bond acceptors (Lipinski definition) is 3. The monoisotopic (exact) mass is 274 g/mol. The largest absolute Gasteiger partial charge is 0.497 e. The van der Waals surface area contributed by atoms with Gasteiger partial charge in [0.25, 0.3) is 0 Å². The molecule has 1 aromatic rings. The van der Waals surface area contributed by atoms with Crippen LogP contribution in [0.4, 0.5) is 5.69 Å². The highest BCUT2D eigenvalue weighted by Crippen LogP contribution is 2.31. The number of rotatable bonds is 3. The van der Waals surface area contributed by atoms with Crippen LogP contribution in [0.5, 0.6) is 5.75 Å². The van der Waals surface area contributed by atoms with Gasteiger partial charge in [0, 0.05) is 24.7 Å². The SMILES string of the molecule is COc1ccc2c(c1)CCCN2C(=O)CC1CCCN1. The third-order valence-corrected chi connectivity index (χ3v) is 4.29. The summed E-state index contributed by atoms with van der Waals surface area (Å²) in [4.78, 5) is 14.5. The third-order valence-electron chi connectivity index (χ3n) is 4.29. The molecule has 0 radical (unpaired) electrons. The lowest BCUT2D eigenvalue weighted by Crippen LogP contribution is -2.39. The molecule has 1 saturated heterocycles. The van der Waals surface area contributed by atoms with Crippen molar-refractivity contribution in [2.75, 3.05) is 25.1 Å². The van der Waals surface area contributed by atoms with Gasteiger partial charge < -0.3 is 15.0 Å². The number of aryl methyl sites for hydroxylation is 1. The lowest BCUT2D eigenvalue weighted by atomic mass is 10.0. The Morgan fingerprint density at radius 1 is 1.45 bits per heavy atom. The van der Waals surface area contributed by atoms with Crippen LogP contribution in [0.25, 0.3) is 0 Å². The first-order valence-electron chi connectivity index (χ1n) is 7.48. The first-order chi connectivity index (χ1) is 9.78. The Morgan fingerprint density at radius 3 is 3.10 bits per heavy atom. The first-order valence-corrected chi connectivity index (χ1v) is 7.48. The van der Waals surface area contributed by atoms with Crippen LogP contribution in [-0.4, -0.2) is 32.1 Å². The van der Waals surface area contributed by atoms with E-state index in [9.17, 15) is 4.79 Å². The molecule has 108 valence electrons. The molecule has 1 fully saturated rings. The summed E-state index contributed by atoms with van der Waals surface area (Å²) in [5.74, 6) is 1.12. The molecule has 1 aromatic carbocycles. The Kier molecular flexibility index (Phi) is 3.92. The molecule has 1 amide bonds. The second kappa shape index (κ2) is 5.83. The Morgan fingerprint density at radius 2 is 2.35 bits per heavy atom. The van der Waals surface area contributed by atoms with E-state index in [2.05, 4.69) is 11.4 Å². The molecular weight excluding hydrogens is 252 g/mol. The summed E-state index contributed by atoms with van der Waals surface area (Å²) in [5, 5.41) is 3.40. The molecular formula is C16H22N2O2. The van der Waals surface area contributed by atoms with Crippen molar-refractivity contribution in [3.63, 3.8) is 0 Å². The fraction of sp³-hybridized carbons (Fsp3) is 0.562. The summed E-state index contributed by atoms with van der Waals surface area (Å²) in [6.07, 6.45) is 4.98. The van der Waals surface area contributed by atoms with Crippen molar-refractivity contribution in [2.45, 2.75) is 38.1 Å². The summed E-state index contributed by atoms with van der Waals surface area (Å²) in [6.45, 7) is 1.89. The van der Waals surface area contributed by atoms with Gasteiger partial charge in [0.05, 0.1) is 7.11 Å². The molecule has 2 aliphatic heterocycles. The second-order valence-corrected chi connectivity index (χ2v) is 5.64. The second-order valence-electron chi connectivity index (χ2n) is 5.64. The lowest BCUT2D eigenvalue weighted by molar-refractivity contribution is -0.119. The summed E-state index contributed by atoms with van der Waals surface area (Å²) in [6, 6.07) is 6.39. The smallest absolute Gasteiger partial charge is 0.228 e. The van der Waals surface area contributed by atoms with E-state index < -0.39 is 0 Å². The summed E-state index contributed by atoms with van der Waals surface area (Å²) >= 11 is 0. The number of methoxy groups -OCH3 is 1. The molecule has 20 heavy (non-hydrogen) atoms. The quantitative estimate of drug-likeness (QED) is 0.918. The fourth-order valence-electron chi connectivity index (χ4n) is 3.21. The van der Waals surface area contributed by atoms with Crippen molar-refractivity contribution < 1.29 is 9.53 Å². The zero-order chi connectivity index (χ0) is 13.9. The first kappa shape index (κ1) is 13.4. The predicted octanol–water partition coefficient (Wildman–Crippen LogP) is 2.12. The van der Waals surface area contributed by atoms with Crippen molar-refractivity contribution in [3.8, 4) is 5.75 Å². The molecule has 4 nitrogen and oxygen atoms in total. The number of ether oxygens (including phenoxy) is 1. The number of hydrogen-bond donors (Lipinski definition) is 1. The number of fused-ring (bicyclic) bond motifs is 1. The maximum absolute atomic E-state index is 12.5. The van der Waals surface area contributed by atoms with Gasteiger partial charge in [0.1, 0.15) is 5.75 Å². The minimum absolute atomic E-state index is 0.246. The normalized spacial score (nSPS) is 21.6. The van der Waals surface area contributed by atoms with Gasteiger partial charge in [-0.05, 0) is 56.0 Å². The number of amides is 1. The van der Waals surface area contributed by atoms with E-state index in [1.807, 2.05) is 17.0 Å². The van der Waals surface area contributed by atoms with Crippen LogP contribution in [0, 0.1) is 0 Å². The van der Waals surface area contributed by atoms with E-state index in [1.54, 1.807) is 7.11 Å². The fourth-order valence-corrected chi connectivity index (χ4v) is 3.21. The van der Waals surface area contributed by atoms with E-state index in [0.717, 1.165) is 43.8 Å². The topological polar surface area (TPSA) is 41.6 Å². The molecule has 0 saturated carbocycles. The van der Waals surface area contributed by atoms with E-state index in [4.69, 9.17) is 4.74 Å². The summed E-state index contributed by atoms with van der Waals surface area (Å²) < 4.78 is 5.27. The number of nitrogens with one attached hydrogen (secondary N) is 1. The molecule has 3 rings (SSSR count). The van der Waals surface area contributed by atoms with Crippen LogP contribution in [-0.2, 0) is 11.2 Å². The standard InChI is InChI=1S/C16H22N2O2/c1-20-14-6-7-15-12(10-14)4-3-9-18(15)16(19)11-13-5-2-8-17-13/h6-7,10,13,17H,2-5,8-9,11H2,1H3. The van der Waals surface area contributed by atoms with Crippen molar-refractivity contribution in [2.24, 2.45) is 0 Å². The Hall–Kier alpha value is -1.55. The number of benzene rings is 1. The Labute approximate surface area is 120 Å². The van der Waals surface area contributed by atoms with Crippen molar-refractivity contribution in [3.05, 3.63) is 23.8 Å². The van der Waals surface area contributed by atoms with Gasteiger partial charge in [-0.25, -0.2) is 0 Å². The molecule has 0 aromatic heterocycles. The molecule has 1 N–H and O–H groups in total. The average molecular weight is 274 g/mol. The summed E-state index contributed by atoms with van der Waals surface area (Å²) in [7, 11) is 1.68. The van der Waals surface area contributed by atoms with E-state index in [0.29, 0.717) is 12.5 Å². The maximum Gasteiger partial charge on any atom is 0.228 e. The Balaban J connectivity index is 1.76. The molecule has 0 spiro atoms. The van der Waals surface area contributed by atoms with Gasteiger partial charge in [-0.2, -0.15) is 0 Å². The lowest BCUT2D eigenvalue weighted by Gasteiger charge is -2.30. The van der Waals surface area contributed by atoms with Crippen molar-refractivity contribution in [1.82, 2.24) is 5.32 Å². The van der Waals surface area contributed by atoms with Crippen LogP contribution in [0.1, 0.15) is 31.2 Å². The van der Waals surface area contributed by atoms with Gasteiger partial charge in [-0.1, -0.05) is 0 Å². The highest BCUT2D eigenvalue weighted by atomic mass is 16.5. The van der Waals surface area contributed by atoms with Gasteiger partial charge in [0.2, 0.25) is 5.91 Å². The Bertz CT molecular complexity index is 495. The predicted molar refractivity (Wildman–Crippen MR) is 79.3 cm³/mol. The zero-order valence-electron chi connectivity index (χ0n) is 12.0. The van der Waals surface area contributed by atoms with Gasteiger partial charge >= 0.3 is 0 Å². The molecule has 1 atom stereocenters. The maximum atomic E-state index is 12.5. The van der Waals surface area contributed by atoms with Crippen LogP contribution in [0.3, 0.4) is 0 Å². The van der Waals surface area contributed by atoms with Crippen LogP contribution in [0.2, 0.25) is 0 Å². The summed E-state index contributed by atoms with van der Waals surface area (Å²) in [5.41, 5.74) is 2.29. The van der Waals surface area contributed by atoms with Crippen LogP contribution in [0.15, 0.2) is 18.2 Å². The number of carbonyl (C=O) groups excluding carboxylic acids is 1. The molecule has 0 bridgehead atoms. The molecule has 2 heterocycles. The highest BCUT2D eigenvalue weighted by molar-refractivity contribution is 5.95. The number of nitrogens with zero attached hydrogens (tertiary/aromatic N) is 1. The van der Waals surface area contributed by atoms with Crippen LogP contribution >= 0.6 is 0 Å². The highest BCUT2D eigenvalue weighted by Gasteiger charge is 2.26. The van der Waals surface area contributed by atoms with Crippen molar-refractivity contribution in [1.29, 1.82) is 0 Å². The number of carbonyl (C=O) groups is 1. The van der Waals surface area contributed by atoms with Gasteiger partial charge in [0.15, 0.2) is 0 Å². The van der Waals surface area contributed by atoms with E-state index in [1.165, 1.54) is 12.0 Å². The zero-order valence-corrected chi connectivity index (χ0v) is 12.0. The molecule has 2 aliphatic rings. The van der Waals surface area contributed by atoms with Gasteiger partial charge in [-0.15, -0.1) is 0 Å². The molecule has 4 heteroatoms.